The van der Waals surface area contributed by atoms with Crippen molar-refractivity contribution < 1.29 is 0 Å². The third-order valence-electron chi connectivity index (χ3n) is 2.27. The van der Waals surface area contributed by atoms with Crippen molar-refractivity contribution in [1.82, 2.24) is 9.97 Å². The van der Waals surface area contributed by atoms with Crippen LogP contribution in [-0.4, -0.2) is 9.97 Å². The van der Waals surface area contributed by atoms with Crippen LogP contribution in [-0.2, 0) is 6.42 Å². The van der Waals surface area contributed by atoms with Crippen molar-refractivity contribution in [2.45, 2.75) is 27.2 Å². The minimum atomic E-state index is 0.290. The van der Waals surface area contributed by atoms with Crippen molar-refractivity contribution in [1.29, 1.82) is 0 Å². The molecule has 0 bridgehead atoms. The Morgan fingerprint density at radius 2 is 2.07 bits per heavy atom. The molecule has 0 aliphatic heterocycles. The van der Waals surface area contributed by atoms with Crippen molar-refractivity contribution >= 4 is 10.8 Å². The first-order valence-corrected chi connectivity index (χ1v) is 4.97. The fraction of sp³-hybridized carbons (Fsp3) is 0.417. The summed E-state index contributed by atoms with van der Waals surface area (Å²) in [4.78, 5) is 7.57. The molecule has 2 aromatic heterocycles. The molecule has 0 saturated heterocycles. The molecule has 0 atom stereocenters. The van der Waals surface area contributed by atoms with E-state index in [1.807, 2.05) is 24.7 Å². The van der Waals surface area contributed by atoms with Crippen LogP contribution in [0.1, 0.15) is 26.5 Å². The van der Waals surface area contributed by atoms with Crippen LogP contribution in [0.2, 0.25) is 0 Å². The van der Waals surface area contributed by atoms with E-state index >= 15 is 0 Å². The predicted molar refractivity (Wildman–Crippen MR) is 59.3 cm³/mol. The van der Waals surface area contributed by atoms with E-state index in [2.05, 4.69) is 30.7 Å². The second-order valence-corrected chi connectivity index (χ2v) is 4.95. The molecule has 74 valence electrons. The number of hydrogen-bond donors (Lipinski definition) is 1. The smallest absolute Gasteiger partial charge is 0.0502 e. The molecule has 1 N–H and O–H groups in total. The molecule has 0 aliphatic carbocycles. The van der Waals surface area contributed by atoms with Gasteiger partial charge in [0, 0.05) is 29.4 Å². The Morgan fingerprint density at radius 1 is 1.29 bits per heavy atom. The Hall–Kier alpha value is -1.31. The van der Waals surface area contributed by atoms with Crippen molar-refractivity contribution in [3.8, 4) is 0 Å². The maximum absolute atomic E-state index is 4.44. The third kappa shape index (κ3) is 1.79. The van der Waals surface area contributed by atoms with Crippen LogP contribution in [0.5, 0.6) is 0 Å². The van der Waals surface area contributed by atoms with E-state index in [1.165, 1.54) is 16.5 Å². The number of aromatic nitrogens is 2. The van der Waals surface area contributed by atoms with Gasteiger partial charge in [0.1, 0.15) is 0 Å². The van der Waals surface area contributed by atoms with Gasteiger partial charge in [-0.25, -0.2) is 0 Å². The molecule has 0 fully saturated rings. The molecule has 2 rings (SSSR count). The summed E-state index contributed by atoms with van der Waals surface area (Å²) in [5.74, 6) is 0. The highest BCUT2D eigenvalue weighted by molar-refractivity contribution is 5.83. The zero-order chi connectivity index (χ0) is 10.2. The second kappa shape index (κ2) is 3.12. The zero-order valence-electron chi connectivity index (χ0n) is 8.96. The summed E-state index contributed by atoms with van der Waals surface area (Å²) in [5, 5.41) is 2.50. The summed E-state index contributed by atoms with van der Waals surface area (Å²) in [5.41, 5.74) is 1.48. The fourth-order valence-corrected chi connectivity index (χ4v) is 1.68. The Kier molecular flexibility index (Phi) is 2.06. The van der Waals surface area contributed by atoms with Crippen LogP contribution < -0.4 is 0 Å². The maximum Gasteiger partial charge on any atom is 0.0502 e. The highest BCUT2D eigenvalue weighted by Crippen LogP contribution is 2.24. The first-order valence-electron chi connectivity index (χ1n) is 4.97. The molecule has 0 spiro atoms. The second-order valence-electron chi connectivity index (χ2n) is 4.95. The molecule has 0 amide bonds. The molecule has 2 heteroatoms. The number of fused-ring (bicyclic) bond motifs is 1. The van der Waals surface area contributed by atoms with Gasteiger partial charge < -0.3 is 4.98 Å². The van der Waals surface area contributed by atoms with E-state index < -0.39 is 0 Å². The van der Waals surface area contributed by atoms with Gasteiger partial charge in [-0.15, -0.1) is 0 Å². The van der Waals surface area contributed by atoms with Crippen LogP contribution in [0.25, 0.3) is 10.8 Å². The van der Waals surface area contributed by atoms with Gasteiger partial charge in [-0.3, -0.25) is 4.98 Å². The number of H-pyrrole nitrogens is 1. The van der Waals surface area contributed by atoms with Gasteiger partial charge >= 0.3 is 0 Å². The SMILES string of the molecule is CC(C)(C)Cc1nccc2c[nH]cc12. The molecular weight excluding hydrogens is 172 g/mol. The first-order chi connectivity index (χ1) is 6.56. The van der Waals surface area contributed by atoms with Gasteiger partial charge in [-0.1, -0.05) is 20.8 Å². The van der Waals surface area contributed by atoms with E-state index in [4.69, 9.17) is 0 Å². The molecule has 0 aromatic carbocycles. The Labute approximate surface area is 84.4 Å². The average molecular weight is 188 g/mol. The maximum atomic E-state index is 4.44. The molecule has 0 unspecified atom stereocenters. The molecular formula is C12H16N2. The topological polar surface area (TPSA) is 28.7 Å². The number of hydrogen-bond acceptors (Lipinski definition) is 1. The van der Waals surface area contributed by atoms with Gasteiger partial charge in [0.2, 0.25) is 0 Å². The third-order valence-corrected chi connectivity index (χ3v) is 2.27. The lowest BCUT2D eigenvalue weighted by molar-refractivity contribution is 0.408. The Bertz CT molecular complexity index is 435. The largest absolute Gasteiger partial charge is 0.366 e. The molecule has 14 heavy (non-hydrogen) atoms. The van der Waals surface area contributed by atoms with Crippen molar-refractivity contribution in [3.05, 3.63) is 30.4 Å². The number of rotatable bonds is 1. The minimum absolute atomic E-state index is 0.290. The lowest BCUT2D eigenvalue weighted by Gasteiger charge is -2.17. The van der Waals surface area contributed by atoms with E-state index in [9.17, 15) is 0 Å². The normalized spacial score (nSPS) is 12.2. The summed E-state index contributed by atoms with van der Waals surface area (Å²) < 4.78 is 0. The molecule has 0 radical (unpaired) electrons. The monoisotopic (exact) mass is 188 g/mol. The van der Waals surface area contributed by atoms with Crippen LogP contribution in [0.3, 0.4) is 0 Å². The zero-order valence-corrected chi connectivity index (χ0v) is 8.96. The van der Waals surface area contributed by atoms with Gasteiger partial charge in [-0.2, -0.15) is 0 Å². The number of nitrogens with one attached hydrogen (secondary N) is 1. The van der Waals surface area contributed by atoms with Crippen molar-refractivity contribution in [3.63, 3.8) is 0 Å². The number of pyridine rings is 1. The predicted octanol–water partition coefficient (Wildman–Crippen LogP) is 3.15. The molecule has 0 aliphatic rings. The quantitative estimate of drug-likeness (QED) is 0.731. The lowest BCUT2D eigenvalue weighted by Crippen LogP contribution is -2.10. The summed E-state index contributed by atoms with van der Waals surface area (Å²) in [7, 11) is 0. The van der Waals surface area contributed by atoms with Crippen LogP contribution in [0.4, 0.5) is 0 Å². The minimum Gasteiger partial charge on any atom is -0.366 e. The number of aromatic amines is 1. The van der Waals surface area contributed by atoms with Crippen LogP contribution in [0.15, 0.2) is 24.7 Å². The van der Waals surface area contributed by atoms with Gasteiger partial charge in [0.05, 0.1) is 5.69 Å². The first kappa shape index (κ1) is 9.25. The summed E-state index contributed by atoms with van der Waals surface area (Å²) in [6.45, 7) is 6.71. The summed E-state index contributed by atoms with van der Waals surface area (Å²) >= 11 is 0. The van der Waals surface area contributed by atoms with Gasteiger partial charge in [0.15, 0.2) is 0 Å². The van der Waals surface area contributed by atoms with E-state index in [1.54, 1.807) is 0 Å². The van der Waals surface area contributed by atoms with E-state index in [0.29, 0.717) is 5.41 Å². The van der Waals surface area contributed by atoms with E-state index in [0.717, 1.165) is 6.42 Å². The molecule has 2 aromatic rings. The molecule has 2 heterocycles. The van der Waals surface area contributed by atoms with Gasteiger partial charge in [-0.05, 0) is 17.9 Å². The fourth-order valence-electron chi connectivity index (χ4n) is 1.68. The molecule has 2 nitrogen and oxygen atoms in total. The Balaban J connectivity index is 2.46. The van der Waals surface area contributed by atoms with Crippen molar-refractivity contribution in [2.75, 3.05) is 0 Å². The van der Waals surface area contributed by atoms with Crippen LogP contribution in [0, 0.1) is 5.41 Å². The number of nitrogens with zero attached hydrogens (tertiary/aromatic N) is 1. The Morgan fingerprint density at radius 3 is 2.79 bits per heavy atom. The van der Waals surface area contributed by atoms with Gasteiger partial charge in [0.25, 0.3) is 0 Å². The lowest BCUT2D eigenvalue weighted by atomic mass is 9.89. The summed E-state index contributed by atoms with van der Waals surface area (Å²) in [6.07, 6.45) is 6.95. The van der Waals surface area contributed by atoms with Crippen molar-refractivity contribution in [2.24, 2.45) is 5.41 Å². The standard InChI is InChI=1S/C12H16N2/c1-12(2,3)6-11-10-8-13-7-9(10)4-5-14-11/h4-5,7-8,13H,6H2,1-3H3. The van der Waals surface area contributed by atoms with E-state index in [-0.39, 0.29) is 0 Å². The highest BCUT2D eigenvalue weighted by Gasteiger charge is 2.14. The summed E-state index contributed by atoms with van der Waals surface area (Å²) in [6, 6.07) is 2.04. The average Bonchev–Trinajstić information content (AvgIpc) is 2.49. The highest BCUT2D eigenvalue weighted by atomic mass is 14.7. The molecule has 0 saturated carbocycles. The van der Waals surface area contributed by atoms with Crippen LogP contribution >= 0.6 is 0 Å².